The fraction of sp³-hybridized carbons (Fsp3) is 0.524. The maximum absolute atomic E-state index is 12.6. The number of hydrogen-bond acceptors (Lipinski definition) is 4. The van der Waals surface area contributed by atoms with Gasteiger partial charge in [0.1, 0.15) is 0 Å². The summed E-state index contributed by atoms with van der Waals surface area (Å²) in [6.07, 6.45) is 5.36. The molecule has 0 atom stereocenters. The van der Waals surface area contributed by atoms with Gasteiger partial charge in [-0.15, -0.1) is 0 Å². The fourth-order valence-electron chi connectivity index (χ4n) is 3.73. The van der Waals surface area contributed by atoms with Crippen LogP contribution in [0.4, 0.5) is 5.69 Å². The lowest BCUT2D eigenvalue weighted by atomic mass is 9.77. The average molecular weight is 355 g/mol. The molecule has 5 heteroatoms. The predicted molar refractivity (Wildman–Crippen MR) is 106 cm³/mol. The predicted octanol–water partition coefficient (Wildman–Crippen LogP) is 3.36. The Balaban J connectivity index is 1.66. The molecule has 1 aliphatic rings. The smallest absolute Gasteiger partial charge is 0.253 e. The molecule has 0 bridgehead atoms. The number of anilines is 1. The second-order valence-electron chi connectivity index (χ2n) is 8.17. The Morgan fingerprint density at radius 3 is 2.50 bits per heavy atom. The molecule has 5 nitrogen and oxygen atoms in total. The topological polar surface area (TPSA) is 65.5 Å². The summed E-state index contributed by atoms with van der Waals surface area (Å²) in [5.41, 5.74) is 1.94. The van der Waals surface area contributed by atoms with Gasteiger partial charge < -0.3 is 15.3 Å². The summed E-state index contributed by atoms with van der Waals surface area (Å²) in [4.78, 5) is 19.1. The lowest BCUT2D eigenvalue weighted by molar-refractivity contribution is -0.00257. The number of nitrogens with zero attached hydrogens (tertiary/aromatic N) is 2. The van der Waals surface area contributed by atoms with E-state index in [0.717, 1.165) is 42.3 Å². The number of hydrogen-bond donors (Lipinski definition) is 2. The first kappa shape index (κ1) is 18.6. The zero-order chi connectivity index (χ0) is 18.9. The second-order valence-corrected chi connectivity index (χ2v) is 8.17. The van der Waals surface area contributed by atoms with Crippen LogP contribution in [-0.4, -0.2) is 41.7 Å². The van der Waals surface area contributed by atoms with Crippen LogP contribution in [0.3, 0.4) is 0 Å². The van der Waals surface area contributed by atoms with E-state index in [1.54, 1.807) is 6.20 Å². The number of amides is 1. The van der Waals surface area contributed by atoms with Crippen LogP contribution >= 0.6 is 0 Å². The largest absolute Gasteiger partial charge is 0.390 e. The van der Waals surface area contributed by atoms with Crippen molar-refractivity contribution < 1.29 is 9.90 Å². The summed E-state index contributed by atoms with van der Waals surface area (Å²) >= 11 is 0. The van der Waals surface area contributed by atoms with Gasteiger partial charge in [-0.05, 0) is 63.6 Å². The Bertz CT molecular complexity index is 787. The molecule has 1 saturated carbocycles. The van der Waals surface area contributed by atoms with E-state index in [0.29, 0.717) is 11.5 Å². The van der Waals surface area contributed by atoms with Gasteiger partial charge in [0.15, 0.2) is 0 Å². The highest BCUT2D eigenvalue weighted by Gasteiger charge is 2.31. The Labute approximate surface area is 155 Å². The van der Waals surface area contributed by atoms with Crippen LogP contribution in [0.5, 0.6) is 0 Å². The summed E-state index contributed by atoms with van der Waals surface area (Å²) in [5, 5.41) is 14.2. The minimum Gasteiger partial charge on any atom is -0.390 e. The Morgan fingerprint density at radius 1 is 1.19 bits per heavy atom. The number of aliphatic hydroxyl groups is 1. The molecule has 26 heavy (non-hydrogen) atoms. The molecule has 0 aliphatic heterocycles. The van der Waals surface area contributed by atoms with Gasteiger partial charge in [0.25, 0.3) is 5.91 Å². The lowest BCUT2D eigenvalue weighted by Crippen LogP contribution is -2.41. The van der Waals surface area contributed by atoms with Crippen LogP contribution in [0.2, 0.25) is 0 Å². The summed E-state index contributed by atoms with van der Waals surface area (Å²) in [5.74, 6) is 0.242. The van der Waals surface area contributed by atoms with Crippen LogP contribution in [0.1, 0.15) is 49.9 Å². The van der Waals surface area contributed by atoms with E-state index < -0.39 is 5.60 Å². The van der Waals surface area contributed by atoms with E-state index in [1.807, 2.05) is 57.1 Å². The van der Waals surface area contributed by atoms with Crippen molar-refractivity contribution in [2.45, 2.75) is 51.2 Å². The third kappa shape index (κ3) is 4.15. The molecule has 1 aromatic heterocycles. The number of carbonyl (C=O) groups is 1. The van der Waals surface area contributed by atoms with E-state index in [1.165, 1.54) is 0 Å². The third-order valence-electron chi connectivity index (χ3n) is 5.51. The number of nitrogens with one attached hydrogen (secondary N) is 1. The summed E-state index contributed by atoms with van der Waals surface area (Å²) in [6, 6.07) is 8.13. The molecule has 0 spiro atoms. The van der Waals surface area contributed by atoms with Crippen molar-refractivity contribution in [3.8, 4) is 0 Å². The molecule has 1 amide bonds. The number of carbonyl (C=O) groups excluding carboxylic acids is 1. The Morgan fingerprint density at radius 2 is 1.88 bits per heavy atom. The fourth-order valence-corrected chi connectivity index (χ4v) is 3.73. The Hall–Kier alpha value is -2.14. The van der Waals surface area contributed by atoms with Gasteiger partial charge >= 0.3 is 0 Å². The van der Waals surface area contributed by atoms with Crippen molar-refractivity contribution in [3.63, 3.8) is 0 Å². The number of fused-ring (bicyclic) bond motifs is 1. The quantitative estimate of drug-likeness (QED) is 0.883. The first-order valence-corrected chi connectivity index (χ1v) is 9.34. The van der Waals surface area contributed by atoms with Crippen molar-refractivity contribution >= 4 is 22.5 Å². The molecule has 1 heterocycles. The normalized spacial score (nSPS) is 20.8. The zero-order valence-electron chi connectivity index (χ0n) is 16.1. The van der Waals surface area contributed by atoms with Crippen LogP contribution in [0.15, 0.2) is 30.5 Å². The van der Waals surface area contributed by atoms with Gasteiger partial charge in [0.2, 0.25) is 0 Å². The second kappa shape index (κ2) is 7.23. The summed E-state index contributed by atoms with van der Waals surface area (Å²) < 4.78 is 0. The minimum atomic E-state index is -0.636. The molecule has 0 saturated heterocycles. The van der Waals surface area contributed by atoms with Crippen LogP contribution in [0, 0.1) is 5.92 Å². The number of rotatable bonds is 4. The zero-order valence-corrected chi connectivity index (χ0v) is 16.1. The van der Waals surface area contributed by atoms with Gasteiger partial charge in [-0.2, -0.15) is 0 Å². The first-order valence-electron chi connectivity index (χ1n) is 9.34. The number of pyridine rings is 1. The molecule has 1 fully saturated rings. The number of benzene rings is 1. The van der Waals surface area contributed by atoms with Gasteiger partial charge in [-0.3, -0.25) is 9.78 Å². The van der Waals surface area contributed by atoms with Gasteiger partial charge in [-0.1, -0.05) is 6.07 Å². The van der Waals surface area contributed by atoms with E-state index in [-0.39, 0.29) is 11.9 Å². The molecule has 0 unspecified atom stereocenters. The van der Waals surface area contributed by atoms with Crippen LogP contribution in [0.25, 0.3) is 10.9 Å². The van der Waals surface area contributed by atoms with E-state index in [9.17, 15) is 9.90 Å². The molecule has 3 rings (SSSR count). The lowest BCUT2D eigenvalue weighted by Gasteiger charge is -2.36. The van der Waals surface area contributed by atoms with Crippen molar-refractivity contribution in [1.82, 2.24) is 10.3 Å². The molecular formula is C21H29N3O2. The van der Waals surface area contributed by atoms with Gasteiger partial charge in [-0.25, -0.2) is 0 Å². The highest BCUT2D eigenvalue weighted by Crippen LogP contribution is 2.32. The average Bonchev–Trinajstić information content (AvgIpc) is 2.60. The molecular weight excluding hydrogens is 326 g/mol. The van der Waals surface area contributed by atoms with Crippen LogP contribution in [-0.2, 0) is 0 Å². The van der Waals surface area contributed by atoms with Crippen molar-refractivity contribution in [3.05, 3.63) is 36.0 Å². The summed E-state index contributed by atoms with van der Waals surface area (Å²) in [7, 11) is 3.99. The maximum Gasteiger partial charge on any atom is 0.253 e. The van der Waals surface area contributed by atoms with E-state index >= 15 is 0 Å². The molecule has 2 N–H and O–H groups in total. The SMILES string of the molecule is CN(C)c1ccc2cc(C(=O)NC3CCC(C(C)(C)O)CC3)cnc2c1. The standard InChI is InChI=1S/C21H29N3O2/c1-21(2,26)16-6-8-17(9-7-16)23-20(25)15-11-14-5-10-18(24(3)4)12-19(14)22-13-15/h5,10-13,16-17,26H,6-9H2,1-4H3,(H,23,25). The molecule has 140 valence electrons. The van der Waals surface area contributed by atoms with Crippen molar-refractivity contribution in [1.29, 1.82) is 0 Å². The third-order valence-corrected chi connectivity index (χ3v) is 5.51. The highest BCUT2D eigenvalue weighted by molar-refractivity contribution is 5.97. The first-order chi connectivity index (χ1) is 12.2. The van der Waals surface area contributed by atoms with Crippen molar-refractivity contribution in [2.24, 2.45) is 5.92 Å². The molecule has 1 aliphatic carbocycles. The summed E-state index contributed by atoms with van der Waals surface area (Å²) in [6.45, 7) is 3.75. The Kier molecular flexibility index (Phi) is 5.19. The van der Waals surface area contributed by atoms with Crippen LogP contribution < -0.4 is 10.2 Å². The molecule has 1 aromatic carbocycles. The van der Waals surface area contributed by atoms with Gasteiger partial charge in [0, 0.05) is 37.4 Å². The molecule has 2 aromatic rings. The monoisotopic (exact) mass is 355 g/mol. The highest BCUT2D eigenvalue weighted by atomic mass is 16.3. The van der Waals surface area contributed by atoms with E-state index in [2.05, 4.69) is 10.3 Å². The van der Waals surface area contributed by atoms with Crippen molar-refractivity contribution in [2.75, 3.05) is 19.0 Å². The van der Waals surface area contributed by atoms with E-state index in [4.69, 9.17) is 0 Å². The maximum atomic E-state index is 12.6. The number of aromatic nitrogens is 1. The van der Waals surface area contributed by atoms with Gasteiger partial charge in [0.05, 0.1) is 16.7 Å². The molecule has 0 radical (unpaired) electrons. The minimum absolute atomic E-state index is 0.0669.